The Bertz CT molecular complexity index is 918. The molecule has 30 heavy (non-hydrogen) atoms. The number of sulfonamides is 1. The summed E-state index contributed by atoms with van der Waals surface area (Å²) in [6.45, 7) is 1.40. The Hall–Kier alpha value is -1.55. The fourth-order valence-corrected chi connectivity index (χ4v) is 6.43. The van der Waals surface area contributed by atoms with Crippen molar-refractivity contribution >= 4 is 16.0 Å². The summed E-state index contributed by atoms with van der Waals surface area (Å²) in [5.74, 6) is -1.21. The molecule has 1 N–H and O–H groups in total. The largest absolute Gasteiger partial charge is 0.478 e. The van der Waals surface area contributed by atoms with Crippen molar-refractivity contribution in [1.29, 1.82) is 0 Å². The molecule has 1 saturated heterocycles. The Morgan fingerprint density at radius 1 is 1.23 bits per heavy atom. The summed E-state index contributed by atoms with van der Waals surface area (Å²) < 4.78 is 48.2. The first kappa shape index (κ1) is 21.7. The average molecular weight is 441 g/mol. The zero-order valence-corrected chi connectivity index (χ0v) is 18.1. The van der Waals surface area contributed by atoms with Crippen LogP contribution in [0.4, 0.5) is 4.39 Å². The number of ether oxygens (including phenoxy) is 1. The van der Waals surface area contributed by atoms with Gasteiger partial charge in [-0.3, -0.25) is 0 Å². The third kappa shape index (κ3) is 4.26. The van der Waals surface area contributed by atoms with E-state index in [0.29, 0.717) is 19.0 Å². The van der Waals surface area contributed by atoms with Gasteiger partial charge in [-0.05, 0) is 75.7 Å². The first-order valence-electron chi connectivity index (χ1n) is 10.5. The smallest absolute Gasteiger partial charge is 0.335 e. The van der Waals surface area contributed by atoms with Crippen molar-refractivity contribution in [2.24, 2.45) is 17.8 Å². The number of carboxylic acids is 1. The van der Waals surface area contributed by atoms with Crippen LogP contribution in [0.15, 0.2) is 23.1 Å². The fourth-order valence-electron chi connectivity index (χ4n) is 4.78. The number of carbonyl (C=O) groups is 1. The van der Waals surface area contributed by atoms with E-state index in [9.17, 15) is 17.6 Å². The van der Waals surface area contributed by atoms with Crippen molar-refractivity contribution in [3.05, 3.63) is 29.6 Å². The fraction of sp³-hybridized carbons (Fsp3) is 0.667. The zero-order chi connectivity index (χ0) is 21.6. The van der Waals surface area contributed by atoms with Gasteiger partial charge in [0, 0.05) is 25.7 Å². The lowest BCUT2D eigenvalue weighted by atomic mass is 9.77. The minimum absolute atomic E-state index is 0.0663. The van der Waals surface area contributed by atoms with Crippen LogP contribution in [0.5, 0.6) is 0 Å². The van der Waals surface area contributed by atoms with Crippen LogP contribution < -0.4 is 0 Å². The van der Waals surface area contributed by atoms with Crippen LogP contribution in [0.25, 0.3) is 0 Å². The van der Waals surface area contributed by atoms with Gasteiger partial charge in [0.25, 0.3) is 0 Å². The third-order valence-corrected chi connectivity index (χ3v) is 8.60. The number of hydrogen-bond acceptors (Lipinski definition) is 5. The van der Waals surface area contributed by atoms with Crippen molar-refractivity contribution in [3.8, 4) is 0 Å². The highest BCUT2D eigenvalue weighted by Crippen LogP contribution is 2.41. The molecule has 2 saturated carbocycles. The molecule has 1 aromatic carbocycles. The zero-order valence-electron chi connectivity index (χ0n) is 17.3. The van der Waals surface area contributed by atoms with Crippen LogP contribution in [0, 0.1) is 23.6 Å². The van der Waals surface area contributed by atoms with Gasteiger partial charge in [-0.15, -0.1) is 0 Å². The molecule has 0 bridgehead atoms. The molecule has 0 radical (unpaired) electrons. The monoisotopic (exact) mass is 440 g/mol. The molecule has 3 aliphatic rings. The molecular formula is C21H29FN2O5S. The van der Waals surface area contributed by atoms with Gasteiger partial charge in [0.05, 0.1) is 11.7 Å². The quantitative estimate of drug-likeness (QED) is 0.700. The molecule has 4 rings (SSSR count). The maximum atomic E-state index is 14.3. The topological polar surface area (TPSA) is 87.2 Å². The Morgan fingerprint density at radius 3 is 2.50 bits per heavy atom. The maximum Gasteiger partial charge on any atom is 0.335 e. The minimum Gasteiger partial charge on any atom is -0.478 e. The highest BCUT2D eigenvalue weighted by atomic mass is 32.2. The predicted molar refractivity (Wildman–Crippen MR) is 108 cm³/mol. The molecule has 1 aliphatic heterocycles. The van der Waals surface area contributed by atoms with Crippen molar-refractivity contribution in [3.63, 3.8) is 0 Å². The summed E-state index contributed by atoms with van der Waals surface area (Å²) in [5.41, 5.74) is -0.243. The number of rotatable bonds is 7. The Balaban J connectivity index is 1.52. The normalized spacial score (nSPS) is 29.9. The van der Waals surface area contributed by atoms with Gasteiger partial charge in [-0.2, -0.15) is 4.31 Å². The van der Waals surface area contributed by atoms with Crippen LogP contribution in [0.1, 0.15) is 36.0 Å². The second-order valence-electron chi connectivity index (χ2n) is 9.11. The van der Waals surface area contributed by atoms with E-state index in [1.54, 1.807) is 0 Å². The molecule has 2 aliphatic carbocycles. The number of aromatic carboxylic acids is 1. The van der Waals surface area contributed by atoms with Crippen LogP contribution in [-0.2, 0) is 14.8 Å². The molecule has 0 unspecified atom stereocenters. The molecule has 0 aromatic heterocycles. The molecule has 7 nitrogen and oxygen atoms in total. The molecule has 9 heteroatoms. The van der Waals surface area contributed by atoms with Gasteiger partial charge in [0.15, 0.2) is 0 Å². The highest BCUT2D eigenvalue weighted by Gasteiger charge is 2.47. The van der Waals surface area contributed by atoms with E-state index >= 15 is 0 Å². The minimum atomic E-state index is -4.11. The summed E-state index contributed by atoms with van der Waals surface area (Å²) >= 11 is 0. The van der Waals surface area contributed by atoms with Crippen molar-refractivity contribution in [2.75, 3.05) is 33.8 Å². The second kappa shape index (κ2) is 8.18. The van der Waals surface area contributed by atoms with Crippen molar-refractivity contribution in [1.82, 2.24) is 9.21 Å². The summed E-state index contributed by atoms with van der Waals surface area (Å²) in [4.78, 5) is 12.8. The van der Waals surface area contributed by atoms with Crippen molar-refractivity contribution < 1.29 is 27.4 Å². The third-order valence-electron chi connectivity index (χ3n) is 6.75. The summed E-state index contributed by atoms with van der Waals surface area (Å²) in [6, 6.07) is 3.12. The number of likely N-dealkylation sites (N-methyl/N-ethyl adjacent to an activating group) is 1. The van der Waals surface area contributed by atoms with Gasteiger partial charge in [0.1, 0.15) is 10.7 Å². The predicted octanol–water partition coefficient (Wildman–Crippen LogP) is 2.28. The Kier molecular flexibility index (Phi) is 5.91. The van der Waals surface area contributed by atoms with Crippen LogP contribution in [-0.4, -0.2) is 74.6 Å². The second-order valence-corrected chi connectivity index (χ2v) is 11.0. The highest BCUT2D eigenvalue weighted by molar-refractivity contribution is 7.89. The Labute approximate surface area is 176 Å². The number of benzene rings is 1. The SMILES string of the molecule is CN(C)[C@@H]1C[C@@H]2CN(S(=O)(=O)c3cc(C(=O)O)ccc3F)C[C@@H]2C[C@H]1OCC1CC1. The average Bonchev–Trinajstić information content (AvgIpc) is 3.42. The van der Waals surface area contributed by atoms with Gasteiger partial charge in [-0.1, -0.05) is 0 Å². The van der Waals surface area contributed by atoms with Gasteiger partial charge in [-0.25, -0.2) is 17.6 Å². The number of carboxylic acid groups (broad SMARTS) is 1. The molecular weight excluding hydrogens is 411 g/mol. The number of hydrogen-bond donors (Lipinski definition) is 1. The molecule has 0 spiro atoms. The summed E-state index contributed by atoms with van der Waals surface area (Å²) in [7, 11) is -0.0689. The summed E-state index contributed by atoms with van der Waals surface area (Å²) in [6.07, 6.45) is 4.12. The maximum absolute atomic E-state index is 14.3. The van der Waals surface area contributed by atoms with E-state index in [0.717, 1.165) is 37.6 Å². The molecule has 3 fully saturated rings. The van der Waals surface area contributed by atoms with Gasteiger partial charge < -0.3 is 14.7 Å². The van der Waals surface area contributed by atoms with Crippen LogP contribution in [0.3, 0.4) is 0 Å². The van der Waals surface area contributed by atoms with Crippen molar-refractivity contribution in [2.45, 2.75) is 42.7 Å². The van der Waals surface area contributed by atoms with Crippen LogP contribution in [0.2, 0.25) is 0 Å². The molecule has 1 heterocycles. The van der Waals surface area contributed by atoms with E-state index in [-0.39, 0.29) is 29.5 Å². The summed E-state index contributed by atoms with van der Waals surface area (Å²) in [5, 5.41) is 9.15. The number of fused-ring (bicyclic) bond motifs is 1. The molecule has 166 valence electrons. The lowest BCUT2D eigenvalue weighted by Crippen LogP contribution is -2.48. The van der Waals surface area contributed by atoms with E-state index in [1.807, 2.05) is 14.1 Å². The number of nitrogens with zero attached hydrogens (tertiary/aromatic N) is 2. The van der Waals surface area contributed by atoms with E-state index in [4.69, 9.17) is 9.84 Å². The van der Waals surface area contributed by atoms with Crippen LogP contribution >= 0.6 is 0 Å². The number of halogens is 1. The first-order valence-corrected chi connectivity index (χ1v) is 11.9. The standard InChI is InChI=1S/C21H29FN2O5S/c1-23(2)18-7-15-10-24(11-16(15)8-19(18)29-12-13-3-4-13)30(27,28)20-9-14(21(25)26)5-6-17(20)22/h5-6,9,13,15-16,18-19H,3-4,7-8,10-12H2,1-2H3,(H,25,26)/t15-,16+,18-,19-/m1/s1. The first-order chi connectivity index (χ1) is 14.2. The van der Waals surface area contributed by atoms with Gasteiger partial charge >= 0.3 is 5.97 Å². The van der Waals surface area contributed by atoms with E-state index in [1.165, 1.54) is 17.1 Å². The van der Waals surface area contributed by atoms with E-state index in [2.05, 4.69) is 4.90 Å². The lowest BCUT2D eigenvalue weighted by molar-refractivity contribution is -0.0493. The Morgan fingerprint density at radius 2 is 1.90 bits per heavy atom. The van der Waals surface area contributed by atoms with E-state index < -0.39 is 26.7 Å². The molecule has 4 atom stereocenters. The lowest BCUT2D eigenvalue weighted by Gasteiger charge is -2.41. The molecule has 1 aromatic rings. The molecule has 0 amide bonds. The van der Waals surface area contributed by atoms with Gasteiger partial charge in [0.2, 0.25) is 10.0 Å².